The van der Waals surface area contributed by atoms with Crippen molar-refractivity contribution >= 4 is 0 Å². The molecule has 1 aromatic heterocycles. The average molecular weight is 245 g/mol. The second-order valence-corrected chi connectivity index (χ2v) is 5.83. The van der Waals surface area contributed by atoms with E-state index in [-0.39, 0.29) is 0 Å². The van der Waals surface area contributed by atoms with Crippen LogP contribution in [-0.2, 0) is 0 Å². The van der Waals surface area contributed by atoms with Crippen molar-refractivity contribution in [3.05, 3.63) is 29.6 Å². The lowest BCUT2D eigenvalue weighted by atomic mass is 10.0. The summed E-state index contributed by atoms with van der Waals surface area (Å²) in [4.78, 5) is 9.40. The molecule has 0 radical (unpaired) electrons. The SMILES string of the molecule is CN1CCC[C@H]1c1cncc([C@@H]2CCCN2C)c1. The van der Waals surface area contributed by atoms with Gasteiger partial charge >= 0.3 is 0 Å². The molecule has 3 rings (SSSR count). The number of nitrogens with zero attached hydrogens (tertiary/aromatic N) is 3. The number of pyridine rings is 1. The van der Waals surface area contributed by atoms with Gasteiger partial charge in [-0.25, -0.2) is 0 Å². The van der Waals surface area contributed by atoms with Crippen LogP contribution in [0.5, 0.6) is 0 Å². The maximum absolute atomic E-state index is 4.49. The molecule has 0 N–H and O–H groups in total. The first-order valence-corrected chi connectivity index (χ1v) is 7.11. The van der Waals surface area contributed by atoms with E-state index in [4.69, 9.17) is 0 Å². The van der Waals surface area contributed by atoms with Crippen molar-refractivity contribution in [3.8, 4) is 0 Å². The molecular formula is C15H23N3. The van der Waals surface area contributed by atoms with Crippen molar-refractivity contribution in [2.24, 2.45) is 0 Å². The fraction of sp³-hybridized carbons (Fsp3) is 0.667. The van der Waals surface area contributed by atoms with Gasteiger partial charge in [-0.05, 0) is 70.1 Å². The van der Waals surface area contributed by atoms with Crippen LogP contribution in [0.15, 0.2) is 18.5 Å². The van der Waals surface area contributed by atoms with Gasteiger partial charge in [-0.15, -0.1) is 0 Å². The van der Waals surface area contributed by atoms with Crippen molar-refractivity contribution in [1.82, 2.24) is 14.8 Å². The first-order valence-electron chi connectivity index (χ1n) is 7.11. The van der Waals surface area contributed by atoms with E-state index in [1.54, 1.807) is 0 Å². The number of hydrogen-bond acceptors (Lipinski definition) is 3. The summed E-state index contributed by atoms with van der Waals surface area (Å²) in [6.45, 7) is 2.44. The minimum absolute atomic E-state index is 0.587. The topological polar surface area (TPSA) is 19.4 Å². The number of likely N-dealkylation sites (tertiary alicyclic amines) is 2. The van der Waals surface area contributed by atoms with E-state index in [1.807, 2.05) is 0 Å². The summed E-state index contributed by atoms with van der Waals surface area (Å²) < 4.78 is 0. The molecule has 3 heterocycles. The predicted molar refractivity (Wildman–Crippen MR) is 73.4 cm³/mol. The molecule has 0 unspecified atom stereocenters. The Labute approximate surface area is 110 Å². The highest BCUT2D eigenvalue weighted by Crippen LogP contribution is 2.34. The van der Waals surface area contributed by atoms with Crippen LogP contribution in [0.3, 0.4) is 0 Å². The lowest BCUT2D eigenvalue weighted by Gasteiger charge is -2.23. The van der Waals surface area contributed by atoms with Crippen LogP contribution in [0.25, 0.3) is 0 Å². The van der Waals surface area contributed by atoms with Crippen LogP contribution < -0.4 is 0 Å². The quantitative estimate of drug-likeness (QED) is 0.798. The van der Waals surface area contributed by atoms with Gasteiger partial charge in [-0.2, -0.15) is 0 Å². The summed E-state index contributed by atoms with van der Waals surface area (Å²) in [5, 5.41) is 0. The molecule has 2 aliphatic rings. The maximum Gasteiger partial charge on any atom is 0.0360 e. The molecule has 0 aliphatic carbocycles. The summed E-state index contributed by atoms with van der Waals surface area (Å²) in [6, 6.07) is 3.57. The molecule has 0 spiro atoms. The van der Waals surface area contributed by atoms with Crippen LogP contribution in [0.1, 0.15) is 48.9 Å². The maximum atomic E-state index is 4.49. The van der Waals surface area contributed by atoms with Gasteiger partial charge in [0.05, 0.1) is 0 Å². The third-order valence-electron chi connectivity index (χ3n) is 4.59. The highest BCUT2D eigenvalue weighted by molar-refractivity contribution is 5.25. The van der Waals surface area contributed by atoms with E-state index in [0.29, 0.717) is 12.1 Å². The van der Waals surface area contributed by atoms with Crippen LogP contribution in [0.2, 0.25) is 0 Å². The number of rotatable bonds is 2. The minimum Gasteiger partial charge on any atom is -0.299 e. The molecule has 2 fully saturated rings. The van der Waals surface area contributed by atoms with Crippen molar-refractivity contribution in [3.63, 3.8) is 0 Å². The van der Waals surface area contributed by atoms with Crippen molar-refractivity contribution in [2.45, 2.75) is 37.8 Å². The zero-order valence-corrected chi connectivity index (χ0v) is 11.5. The van der Waals surface area contributed by atoms with Crippen molar-refractivity contribution < 1.29 is 0 Å². The van der Waals surface area contributed by atoms with Gasteiger partial charge in [-0.3, -0.25) is 14.8 Å². The number of hydrogen-bond donors (Lipinski definition) is 0. The normalized spacial score (nSPS) is 30.1. The third kappa shape index (κ3) is 2.17. The molecule has 3 heteroatoms. The van der Waals surface area contributed by atoms with E-state index < -0.39 is 0 Å². The molecular weight excluding hydrogens is 222 g/mol. The highest BCUT2D eigenvalue weighted by atomic mass is 15.2. The van der Waals surface area contributed by atoms with Crippen LogP contribution in [0, 0.1) is 0 Å². The zero-order valence-electron chi connectivity index (χ0n) is 11.5. The molecule has 1 aromatic rings. The van der Waals surface area contributed by atoms with Crippen molar-refractivity contribution in [1.29, 1.82) is 0 Å². The van der Waals surface area contributed by atoms with Gasteiger partial charge in [0.25, 0.3) is 0 Å². The van der Waals surface area contributed by atoms with Gasteiger partial charge in [0.1, 0.15) is 0 Å². The third-order valence-corrected chi connectivity index (χ3v) is 4.59. The summed E-state index contributed by atoms with van der Waals surface area (Å²) >= 11 is 0. The van der Waals surface area contributed by atoms with E-state index in [9.17, 15) is 0 Å². The molecule has 2 saturated heterocycles. The summed E-state index contributed by atoms with van der Waals surface area (Å²) in [5.74, 6) is 0. The summed E-state index contributed by atoms with van der Waals surface area (Å²) in [7, 11) is 4.46. The molecule has 2 aliphatic heterocycles. The Hall–Kier alpha value is -0.930. The Kier molecular flexibility index (Phi) is 3.35. The fourth-order valence-corrected chi connectivity index (χ4v) is 3.50. The lowest BCUT2D eigenvalue weighted by molar-refractivity contribution is 0.309. The largest absolute Gasteiger partial charge is 0.299 e. The zero-order chi connectivity index (χ0) is 12.5. The molecule has 2 atom stereocenters. The van der Waals surface area contributed by atoms with Gasteiger partial charge in [-0.1, -0.05) is 0 Å². The first kappa shape index (κ1) is 12.1. The van der Waals surface area contributed by atoms with E-state index in [0.717, 1.165) is 0 Å². The molecule has 18 heavy (non-hydrogen) atoms. The monoisotopic (exact) mass is 245 g/mol. The Morgan fingerprint density at radius 2 is 1.44 bits per heavy atom. The fourth-order valence-electron chi connectivity index (χ4n) is 3.50. The van der Waals surface area contributed by atoms with Gasteiger partial charge in [0, 0.05) is 24.5 Å². The molecule has 0 aromatic carbocycles. The second kappa shape index (κ2) is 4.98. The smallest absolute Gasteiger partial charge is 0.0360 e. The van der Waals surface area contributed by atoms with Crippen LogP contribution in [0.4, 0.5) is 0 Å². The van der Waals surface area contributed by atoms with Crippen LogP contribution in [-0.4, -0.2) is 42.0 Å². The van der Waals surface area contributed by atoms with Gasteiger partial charge in [0.2, 0.25) is 0 Å². The molecule has 98 valence electrons. The minimum atomic E-state index is 0.587. The molecule has 3 nitrogen and oxygen atoms in total. The van der Waals surface area contributed by atoms with E-state index in [2.05, 4.69) is 47.3 Å². The van der Waals surface area contributed by atoms with E-state index in [1.165, 1.54) is 49.9 Å². The molecule has 0 bridgehead atoms. The molecule has 0 amide bonds. The average Bonchev–Trinajstić information content (AvgIpc) is 2.98. The first-order chi connectivity index (χ1) is 8.75. The van der Waals surface area contributed by atoms with E-state index >= 15 is 0 Å². The summed E-state index contributed by atoms with van der Waals surface area (Å²) in [6.07, 6.45) is 9.31. The standard InChI is InChI=1S/C15H23N3/c1-17-7-3-5-14(17)12-9-13(11-16-10-12)15-6-4-8-18(15)2/h9-11,14-15H,3-8H2,1-2H3/t14-,15-/m0/s1. The van der Waals surface area contributed by atoms with Crippen molar-refractivity contribution in [2.75, 3.05) is 27.2 Å². The lowest BCUT2D eigenvalue weighted by Crippen LogP contribution is -2.20. The summed E-state index contributed by atoms with van der Waals surface area (Å²) in [5.41, 5.74) is 2.82. The van der Waals surface area contributed by atoms with Crippen LogP contribution >= 0.6 is 0 Å². The second-order valence-electron chi connectivity index (χ2n) is 5.83. The Bertz CT molecular complexity index is 383. The predicted octanol–water partition coefficient (Wildman–Crippen LogP) is 2.62. The van der Waals surface area contributed by atoms with Gasteiger partial charge in [0.15, 0.2) is 0 Å². The Morgan fingerprint density at radius 3 is 1.83 bits per heavy atom. The van der Waals surface area contributed by atoms with Gasteiger partial charge < -0.3 is 0 Å². The molecule has 0 saturated carbocycles. The Morgan fingerprint density at radius 1 is 0.944 bits per heavy atom. The Balaban J connectivity index is 1.84. The highest BCUT2D eigenvalue weighted by Gasteiger charge is 2.26. The number of aromatic nitrogens is 1.